The van der Waals surface area contributed by atoms with Crippen LogP contribution in [0, 0.1) is 6.92 Å². The molecule has 0 saturated heterocycles. The highest BCUT2D eigenvalue weighted by Crippen LogP contribution is 2.32. The van der Waals surface area contributed by atoms with Crippen molar-refractivity contribution in [2.75, 3.05) is 10.6 Å². The van der Waals surface area contributed by atoms with Gasteiger partial charge in [-0.2, -0.15) is 0 Å². The molecule has 0 radical (unpaired) electrons. The number of carbonyl (C=O) groups excluding carboxylic acids is 1. The van der Waals surface area contributed by atoms with Crippen LogP contribution in [0.3, 0.4) is 0 Å². The van der Waals surface area contributed by atoms with E-state index in [1.54, 1.807) is 13.0 Å². The molecule has 0 aliphatic heterocycles. The Morgan fingerprint density at radius 3 is 2.14 bits per heavy atom. The lowest BCUT2D eigenvalue weighted by atomic mass is 9.92. The molecule has 0 saturated carbocycles. The first-order valence-electron chi connectivity index (χ1n) is 9.31. The first-order chi connectivity index (χ1) is 13.3. The van der Waals surface area contributed by atoms with Gasteiger partial charge in [0.2, 0.25) is 5.95 Å². The summed E-state index contributed by atoms with van der Waals surface area (Å²) in [5.74, 6) is 1.89. The van der Waals surface area contributed by atoms with Crippen LogP contribution in [-0.2, 0) is 0 Å². The minimum atomic E-state index is -0.237. The maximum Gasteiger partial charge on any atom is 0.258 e. The molecule has 0 aliphatic rings. The Hall–Kier alpha value is -3.22. The Balaban J connectivity index is 1.80. The zero-order chi connectivity index (χ0) is 20.3. The topological polar surface area (TPSA) is 92.9 Å². The zero-order valence-electron chi connectivity index (χ0n) is 16.8. The van der Waals surface area contributed by atoms with Crippen molar-refractivity contribution in [2.45, 2.75) is 46.5 Å². The molecular weight excluding hydrogens is 354 g/mol. The van der Waals surface area contributed by atoms with Gasteiger partial charge in [-0.1, -0.05) is 51.1 Å². The van der Waals surface area contributed by atoms with E-state index in [1.807, 2.05) is 6.07 Å². The Morgan fingerprint density at radius 1 is 1.04 bits per heavy atom. The predicted octanol–water partition coefficient (Wildman–Crippen LogP) is 5.02. The Kier molecular flexibility index (Phi) is 5.73. The van der Waals surface area contributed by atoms with Crippen molar-refractivity contribution < 1.29 is 9.32 Å². The van der Waals surface area contributed by atoms with E-state index in [4.69, 9.17) is 4.52 Å². The minimum Gasteiger partial charge on any atom is -0.360 e. The highest BCUT2D eigenvalue weighted by atomic mass is 16.5. The highest BCUT2D eigenvalue weighted by Gasteiger charge is 2.17. The molecule has 7 heteroatoms. The van der Waals surface area contributed by atoms with E-state index in [2.05, 4.69) is 65.6 Å². The second-order valence-electron chi connectivity index (χ2n) is 7.32. The largest absolute Gasteiger partial charge is 0.360 e. The molecule has 146 valence electrons. The van der Waals surface area contributed by atoms with E-state index in [0.29, 0.717) is 34.9 Å². The molecule has 3 aromatic rings. The van der Waals surface area contributed by atoms with Crippen LogP contribution in [0.4, 0.5) is 17.5 Å². The fourth-order valence-electron chi connectivity index (χ4n) is 2.93. The number of benzene rings is 1. The van der Waals surface area contributed by atoms with Gasteiger partial charge in [0, 0.05) is 24.1 Å². The molecular formula is C21H25N5O2. The lowest BCUT2D eigenvalue weighted by molar-refractivity contribution is 0.102. The average Bonchev–Trinajstić information content (AvgIpc) is 3.06. The number of para-hydroxylation sites is 1. The summed E-state index contributed by atoms with van der Waals surface area (Å²) < 4.78 is 4.99. The Labute approximate surface area is 164 Å². The van der Waals surface area contributed by atoms with Gasteiger partial charge in [-0.15, -0.1) is 0 Å². The van der Waals surface area contributed by atoms with E-state index < -0.39 is 0 Å². The number of nitrogens with one attached hydrogen (secondary N) is 2. The van der Waals surface area contributed by atoms with Crippen molar-refractivity contribution in [2.24, 2.45) is 0 Å². The summed E-state index contributed by atoms with van der Waals surface area (Å²) in [6, 6.07) is 7.88. The van der Waals surface area contributed by atoms with Crippen molar-refractivity contribution in [1.82, 2.24) is 15.1 Å². The van der Waals surface area contributed by atoms with Crippen LogP contribution in [0.2, 0.25) is 0 Å². The molecule has 28 heavy (non-hydrogen) atoms. The van der Waals surface area contributed by atoms with E-state index in [0.717, 1.165) is 16.8 Å². The van der Waals surface area contributed by atoms with E-state index in [9.17, 15) is 4.79 Å². The predicted molar refractivity (Wildman–Crippen MR) is 109 cm³/mol. The summed E-state index contributed by atoms with van der Waals surface area (Å²) in [5.41, 5.74) is 3.48. The van der Waals surface area contributed by atoms with Gasteiger partial charge in [0.25, 0.3) is 5.91 Å². The summed E-state index contributed by atoms with van der Waals surface area (Å²) in [7, 11) is 0. The molecule has 0 fully saturated rings. The van der Waals surface area contributed by atoms with Crippen molar-refractivity contribution in [3.63, 3.8) is 0 Å². The first kappa shape index (κ1) is 19.5. The number of rotatable bonds is 6. The van der Waals surface area contributed by atoms with Crippen LogP contribution in [0.15, 0.2) is 41.2 Å². The van der Waals surface area contributed by atoms with Gasteiger partial charge >= 0.3 is 0 Å². The molecule has 7 nitrogen and oxygen atoms in total. The minimum absolute atomic E-state index is 0.237. The smallest absolute Gasteiger partial charge is 0.258 e. The van der Waals surface area contributed by atoms with Crippen molar-refractivity contribution in [1.29, 1.82) is 0 Å². The Bertz CT molecular complexity index is 935. The summed E-state index contributed by atoms with van der Waals surface area (Å²) in [4.78, 5) is 21.2. The second-order valence-corrected chi connectivity index (χ2v) is 7.32. The average molecular weight is 379 g/mol. The molecule has 0 bridgehead atoms. The van der Waals surface area contributed by atoms with E-state index in [1.165, 1.54) is 12.4 Å². The number of nitrogens with zero attached hydrogens (tertiary/aromatic N) is 3. The summed E-state index contributed by atoms with van der Waals surface area (Å²) in [6.45, 7) is 10.3. The molecule has 0 atom stereocenters. The number of hydrogen-bond acceptors (Lipinski definition) is 6. The maximum atomic E-state index is 12.8. The maximum absolute atomic E-state index is 12.8. The van der Waals surface area contributed by atoms with Crippen molar-refractivity contribution in [3.8, 4) is 0 Å². The SMILES string of the molecule is Cc1cc(Nc2ncc(C(=O)Nc3c(C(C)C)cccc3C(C)C)cn2)no1. The third-order valence-corrected chi connectivity index (χ3v) is 4.39. The third kappa shape index (κ3) is 4.36. The molecule has 2 aromatic heterocycles. The van der Waals surface area contributed by atoms with Crippen molar-refractivity contribution in [3.05, 3.63) is 59.1 Å². The number of hydrogen-bond donors (Lipinski definition) is 2. The van der Waals surface area contributed by atoms with Gasteiger partial charge in [-0.25, -0.2) is 9.97 Å². The number of anilines is 3. The van der Waals surface area contributed by atoms with Gasteiger partial charge in [-0.05, 0) is 29.9 Å². The fraction of sp³-hybridized carbons (Fsp3) is 0.333. The summed E-state index contributed by atoms with van der Waals surface area (Å²) in [6.07, 6.45) is 2.98. The van der Waals surface area contributed by atoms with E-state index in [-0.39, 0.29) is 5.91 Å². The molecule has 2 N–H and O–H groups in total. The fourth-order valence-corrected chi connectivity index (χ4v) is 2.93. The summed E-state index contributed by atoms with van der Waals surface area (Å²) in [5, 5.41) is 9.83. The molecule has 1 amide bonds. The van der Waals surface area contributed by atoms with Gasteiger partial charge < -0.3 is 15.2 Å². The van der Waals surface area contributed by atoms with Crippen LogP contribution in [0.25, 0.3) is 0 Å². The van der Waals surface area contributed by atoms with Crippen LogP contribution in [0.1, 0.15) is 66.8 Å². The van der Waals surface area contributed by atoms with Gasteiger partial charge in [0.05, 0.1) is 5.56 Å². The first-order valence-corrected chi connectivity index (χ1v) is 9.31. The summed E-state index contributed by atoms with van der Waals surface area (Å²) >= 11 is 0. The van der Waals surface area contributed by atoms with Gasteiger partial charge in [-0.3, -0.25) is 4.79 Å². The Morgan fingerprint density at radius 2 is 1.64 bits per heavy atom. The lowest BCUT2D eigenvalue weighted by Crippen LogP contribution is -2.16. The van der Waals surface area contributed by atoms with E-state index >= 15 is 0 Å². The number of aryl methyl sites for hydroxylation is 1. The van der Waals surface area contributed by atoms with Crippen molar-refractivity contribution >= 4 is 23.4 Å². The molecule has 0 spiro atoms. The normalized spacial score (nSPS) is 11.1. The zero-order valence-corrected chi connectivity index (χ0v) is 16.8. The number of carbonyl (C=O) groups is 1. The number of aromatic nitrogens is 3. The van der Waals surface area contributed by atoms with Crippen LogP contribution in [-0.4, -0.2) is 21.0 Å². The molecule has 2 heterocycles. The molecule has 0 aliphatic carbocycles. The third-order valence-electron chi connectivity index (χ3n) is 4.39. The number of amides is 1. The van der Waals surface area contributed by atoms with Crippen LogP contribution >= 0.6 is 0 Å². The van der Waals surface area contributed by atoms with Crippen LogP contribution in [0.5, 0.6) is 0 Å². The monoisotopic (exact) mass is 379 g/mol. The molecule has 3 rings (SSSR count). The lowest BCUT2D eigenvalue weighted by Gasteiger charge is -2.20. The van der Waals surface area contributed by atoms with Gasteiger partial charge in [0.1, 0.15) is 5.76 Å². The molecule has 0 unspecified atom stereocenters. The quantitative estimate of drug-likeness (QED) is 0.625. The second kappa shape index (κ2) is 8.21. The standard InChI is InChI=1S/C21H25N5O2/c1-12(2)16-7-6-8-17(13(3)4)19(16)25-20(27)15-10-22-21(23-11-15)24-18-9-14(5)28-26-18/h6-13H,1-5H3,(H,25,27)(H,22,23,24,26). The highest BCUT2D eigenvalue weighted by molar-refractivity contribution is 6.04. The molecule has 1 aromatic carbocycles. The van der Waals surface area contributed by atoms with Gasteiger partial charge in [0.15, 0.2) is 5.82 Å². The van der Waals surface area contributed by atoms with Crippen LogP contribution < -0.4 is 10.6 Å².